The Morgan fingerprint density at radius 3 is 2.93 bits per heavy atom. The molecule has 0 spiro atoms. The van der Waals surface area contributed by atoms with Crippen LogP contribution < -0.4 is 5.32 Å². The molecular formula is C9H10ClNO3S. The number of fused-ring (bicyclic) bond motifs is 1. The highest BCUT2D eigenvalue weighted by molar-refractivity contribution is 7.91. The molecule has 4 nitrogen and oxygen atoms in total. The van der Waals surface area contributed by atoms with E-state index in [4.69, 9.17) is 16.7 Å². The Morgan fingerprint density at radius 2 is 2.27 bits per heavy atom. The van der Waals surface area contributed by atoms with Gasteiger partial charge < -0.3 is 10.4 Å². The number of halogens is 1. The summed E-state index contributed by atoms with van der Waals surface area (Å²) >= 11 is 5.73. The van der Waals surface area contributed by atoms with E-state index in [-0.39, 0.29) is 17.3 Å². The molecule has 1 aromatic rings. The van der Waals surface area contributed by atoms with E-state index in [1.807, 2.05) is 0 Å². The summed E-state index contributed by atoms with van der Waals surface area (Å²) in [5, 5.41) is 12.3. The van der Waals surface area contributed by atoms with E-state index in [1.165, 1.54) is 6.07 Å². The lowest BCUT2D eigenvalue weighted by Crippen LogP contribution is -2.36. The first-order valence-electron chi connectivity index (χ1n) is 4.42. The summed E-state index contributed by atoms with van der Waals surface area (Å²) in [6, 6.07) is 4.20. The first kappa shape index (κ1) is 10.7. The van der Waals surface area contributed by atoms with Gasteiger partial charge in [0.15, 0.2) is 9.84 Å². The molecule has 82 valence electrons. The SMILES string of the molecule is O=S1(=O)CC(CO)Nc2ccc(Cl)cc21. The standard InChI is InChI=1S/C9H10ClNO3S/c10-6-1-2-8-9(3-6)15(13,14)5-7(4-12)11-8/h1-3,7,11-12H,4-5H2. The zero-order chi connectivity index (χ0) is 11.1. The van der Waals surface area contributed by atoms with Crippen molar-refractivity contribution in [3.63, 3.8) is 0 Å². The van der Waals surface area contributed by atoms with Crippen molar-refractivity contribution >= 4 is 27.1 Å². The van der Waals surface area contributed by atoms with Crippen LogP contribution in [0.1, 0.15) is 0 Å². The van der Waals surface area contributed by atoms with Gasteiger partial charge in [0.05, 0.1) is 29.0 Å². The highest BCUT2D eigenvalue weighted by atomic mass is 35.5. The molecule has 0 bridgehead atoms. The molecule has 0 aliphatic carbocycles. The van der Waals surface area contributed by atoms with E-state index in [9.17, 15) is 8.42 Å². The molecule has 2 rings (SSSR count). The molecule has 6 heteroatoms. The van der Waals surface area contributed by atoms with E-state index < -0.39 is 15.9 Å². The topological polar surface area (TPSA) is 66.4 Å². The van der Waals surface area contributed by atoms with Crippen molar-refractivity contribution in [3.05, 3.63) is 23.2 Å². The summed E-state index contributed by atoms with van der Waals surface area (Å²) in [5.41, 5.74) is 0.504. The average Bonchev–Trinajstić information content (AvgIpc) is 2.18. The fourth-order valence-electron chi connectivity index (χ4n) is 1.59. The molecule has 1 atom stereocenters. The fourth-order valence-corrected chi connectivity index (χ4v) is 3.49. The van der Waals surface area contributed by atoms with E-state index in [0.29, 0.717) is 10.7 Å². The van der Waals surface area contributed by atoms with Crippen molar-refractivity contribution in [3.8, 4) is 0 Å². The van der Waals surface area contributed by atoms with Gasteiger partial charge in [-0.3, -0.25) is 0 Å². The van der Waals surface area contributed by atoms with Crippen LogP contribution >= 0.6 is 11.6 Å². The first-order chi connectivity index (χ1) is 7.03. The number of anilines is 1. The minimum atomic E-state index is -3.33. The number of nitrogens with one attached hydrogen (secondary N) is 1. The molecule has 0 saturated carbocycles. The van der Waals surface area contributed by atoms with Gasteiger partial charge in [0.25, 0.3) is 0 Å². The molecule has 1 aromatic carbocycles. The lowest BCUT2D eigenvalue weighted by molar-refractivity contribution is 0.281. The third-order valence-corrected chi connectivity index (χ3v) is 4.36. The summed E-state index contributed by atoms with van der Waals surface area (Å²) < 4.78 is 23.6. The van der Waals surface area contributed by atoms with Gasteiger partial charge in [-0.2, -0.15) is 0 Å². The van der Waals surface area contributed by atoms with Crippen LogP contribution in [0, 0.1) is 0 Å². The summed E-state index contributed by atoms with van der Waals surface area (Å²) in [4.78, 5) is 0.208. The Kier molecular flexibility index (Phi) is 2.62. The zero-order valence-electron chi connectivity index (χ0n) is 7.77. The van der Waals surface area contributed by atoms with Crippen molar-refractivity contribution in [2.24, 2.45) is 0 Å². The number of rotatable bonds is 1. The van der Waals surface area contributed by atoms with Crippen LogP contribution in [-0.4, -0.2) is 31.9 Å². The van der Waals surface area contributed by atoms with Crippen molar-refractivity contribution in [1.29, 1.82) is 0 Å². The Hall–Kier alpha value is -0.780. The maximum absolute atomic E-state index is 11.8. The van der Waals surface area contributed by atoms with Crippen molar-refractivity contribution in [1.82, 2.24) is 0 Å². The van der Waals surface area contributed by atoms with Gasteiger partial charge in [0.2, 0.25) is 0 Å². The third kappa shape index (κ3) is 1.95. The molecule has 1 aliphatic rings. The second-order valence-electron chi connectivity index (χ2n) is 3.45. The van der Waals surface area contributed by atoms with Crippen LogP contribution in [0.2, 0.25) is 5.02 Å². The maximum Gasteiger partial charge on any atom is 0.182 e. The van der Waals surface area contributed by atoms with E-state index in [1.54, 1.807) is 12.1 Å². The van der Waals surface area contributed by atoms with Crippen molar-refractivity contribution in [2.45, 2.75) is 10.9 Å². The predicted octanol–water partition coefficient (Wildman–Crippen LogP) is 0.900. The molecule has 0 aromatic heterocycles. The van der Waals surface area contributed by atoms with Gasteiger partial charge in [0.1, 0.15) is 0 Å². The normalized spacial score (nSPS) is 22.9. The van der Waals surface area contributed by atoms with Crippen LogP contribution in [0.3, 0.4) is 0 Å². The van der Waals surface area contributed by atoms with Gasteiger partial charge >= 0.3 is 0 Å². The lowest BCUT2D eigenvalue weighted by atomic mass is 10.2. The summed E-state index contributed by atoms with van der Waals surface area (Å²) in [5.74, 6) is -0.100. The van der Waals surface area contributed by atoms with E-state index in [2.05, 4.69) is 5.32 Å². The van der Waals surface area contributed by atoms with E-state index in [0.717, 1.165) is 0 Å². The molecule has 1 unspecified atom stereocenters. The minimum Gasteiger partial charge on any atom is -0.394 e. The largest absolute Gasteiger partial charge is 0.394 e. The van der Waals surface area contributed by atoms with Crippen molar-refractivity contribution in [2.75, 3.05) is 17.7 Å². The number of sulfone groups is 1. The van der Waals surface area contributed by atoms with Crippen LogP contribution in [0.5, 0.6) is 0 Å². The Labute approximate surface area is 92.8 Å². The maximum atomic E-state index is 11.8. The Bertz CT molecular complexity index is 486. The van der Waals surface area contributed by atoms with Crippen LogP contribution in [-0.2, 0) is 9.84 Å². The second kappa shape index (κ2) is 3.66. The van der Waals surface area contributed by atoms with Gasteiger partial charge in [0, 0.05) is 5.02 Å². The summed E-state index contributed by atoms with van der Waals surface area (Å²) in [6.45, 7) is -0.207. The van der Waals surface area contributed by atoms with Gasteiger partial charge in [-0.25, -0.2) is 8.42 Å². The van der Waals surface area contributed by atoms with Crippen LogP contribution in [0.15, 0.2) is 23.1 Å². The van der Waals surface area contributed by atoms with Gasteiger partial charge in [-0.05, 0) is 18.2 Å². The number of hydrogen-bond acceptors (Lipinski definition) is 4. The number of aliphatic hydroxyl groups excluding tert-OH is 1. The van der Waals surface area contributed by atoms with Crippen molar-refractivity contribution < 1.29 is 13.5 Å². The first-order valence-corrected chi connectivity index (χ1v) is 6.45. The fraction of sp³-hybridized carbons (Fsp3) is 0.333. The molecule has 1 heterocycles. The van der Waals surface area contributed by atoms with Gasteiger partial charge in [-0.1, -0.05) is 11.6 Å². The monoisotopic (exact) mass is 247 g/mol. The molecular weight excluding hydrogens is 238 g/mol. The molecule has 15 heavy (non-hydrogen) atoms. The molecule has 0 fully saturated rings. The minimum absolute atomic E-state index is 0.100. The smallest absolute Gasteiger partial charge is 0.182 e. The zero-order valence-corrected chi connectivity index (χ0v) is 9.35. The summed E-state index contributed by atoms with van der Waals surface area (Å²) in [7, 11) is -3.33. The number of hydrogen-bond donors (Lipinski definition) is 2. The number of benzene rings is 1. The lowest BCUT2D eigenvalue weighted by Gasteiger charge is -2.25. The van der Waals surface area contributed by atoms with Gasteiger partial charge in [-0.15, -0.1) is 0 Å². The van der Waals surface area contributed by atoms with Crippen LogP contribution in [0.25, 0.3) is 0 Å². The molecule has 0 radical (unpaired) electrons. The van der Waals surface area contributed by atoms with Crippen LogP contribution in [0.4, 0.5) is 5.69 Å². The second-order valence-corrected chi connectivity index (χ2v) is 5.88. The molecule has 0 saturated heterocycles. The van der Waals surface area contributed by atoms with E-state index >= 15 is 0 Å². The quantitative estimate of drug-likeness (QED) is 0.774. The highest BCUT2D eigenvalue weighted by Crippen LogP contribution is 2.30. The Morgan fingerprint density at radius 1 is 1.53 bits per heavy atom. The third-order valence-electron chi connectivity index (χ3n) is 2.28. The molecule has 0 amide bonds. The Balaban J connectivity index is 2.55. The summed E-state index contributed by atoms with van der Waals surface area (Å²) in [6.07, 6.45) is 0. The highest BCUT2D eigenvalue weighted by Gasteiger charge is 2.29. The average molecular weight is 248 g/mol. The predicted molar refractivity (Wildman–Crippen MR) is 58.0 cm³/mol. The molecule has 2 N–H and O–H groups in total. The molecule has 1 aliphatic heterocycles. The number of aliphatic hydroxyl groups is 1.